The van der Waals surface area contributed by atoms with Gasteiger partial charge in [-0.05, 0) is 104 Å². The number of hydrogen-bond acceptors (Lipinski definition) is 1. The quantitative estimate of drug-likeness (QED) is 0.149. The van der Waals surface area contributed by atoms with Crippen LogP contribution < -0.4 is 10.6 Å². The van der Waals surface area contributed by atoms with Crippen molar-refractivity contribution >= 4 is 34.1 Å². The molecule has 9 aromatic carbocycles. The van der Waals surface area contributed by atoms with Gasteiger partial charge >= 0.3 is 0 Å². The predicted molar refractivity (Wildman–Crippen MR) is 268 cm³/mol. The first-order valence-corrected chi connectivity index (χ1v) is 22.2. The van der Waals surface area contributed by atoms with Crippen LogP contribution in [0, 0.1) is 0 Å². The molecule has 11 aromatic rings. The van der Waals surface area contributed by atoms with Crippen LogP contribution in [-0.2, 0) is 0 Å². The fourth-order valence-electron chi connectivity index (χ4n) is 9.56. The zero-order valence-electron chi connectivity index (χ0n) is 35.2. The molecule has 2 aromatic heterocycles. The van der Waals surface area contributed by atoms with E-state index in [4.69, 9.17) is 4.42 Å². The number of aromatic nitrogens is 1. The average Bonchev–Trinajstić information content (AvgIpc) is 3.95. The Labute approximate surface area is 373 Å². The lowest BCUT2D eigenvalue weighted by atomic mass is 9.89. The Morgan fingerprint density at radius 2 is 0.812 bits per heavy atom. The third kappa shape index (κ3) is 6.96. The Morgan fingerprint density at radius 1 is 0.375 bits per heavy atom. The van der Waals surface area contributed by atoms with Gasteiger partial charge in [-0.15, -0.1) is 0 Å². The van der Waals surface area contributed by atoms with Gasteiger partial charge in [0.25, 0.3) is 0 Å². The van der Waals surface area contributed by atoms with Crippen molar-refractivity contribution in [2.45, 2.75) is 12.3 Å². The number of rotatable bonds is 8. The number of hydrogen-bond donors (Lipinski definition) is 0. The van der Waals surface area contributed by atoms with Crippen molar-refractivity contribution in [1.29, 1.82) is 0 Å². The van der Waals surface area contributed by atoms with E-state index in [1.807, 2.05) is 12.1 Å². The first kappa shape index (κ1) is 37.6. The van der Waals surface area contributed by atoms with Gasteiger partial charge in [0.2, 0.25) is 0 Å². The van der Waals surface area contributed by atoms with Gasteiger partial charge in [0.05, 0.1) is 0 Å². The molecule has 0 N–H and O–H groups in total. The maximum atomic E-state index is 6.13. The summed E-state index contributed by atoms with van der Waals surface area (Å²) < 4.78 is 8.51. The predicted octanol–water partition coefficient (Wildman–Crippen LogP) is 15.1. The average molecular weight is 818 g/mol. The largest absolute Gasteiger partial charge is 0.456 e. The molecule has 1 unspecified atom stereocenters. The van der Waals surface area contributed by atoms with E-state index in [9.17, 15) is 0 Å². The first-order valence-electron chi connectivity index (χ1n) is 22.2. The van der Waals surface area contributed by atoms with E-state index in [2.05, 4.69) is 235 Å². The normalized spacial score (nSPS) is 13.3. The molecule has 1 aliphatic carbocycles. The molecule has 2 heteroatoms. The van der Waals surface area contributed by atoms with Crippen LogP contribution in [0.15, 0.2) is 235 Å². The second-order valence-electron chi connectivity index (χ2n) is 16.9. The minimum atomic E-state index is 0.260. The van der Waals surface area contributed by atoms with Crippen molar-refractivity contribution in [3.05, 3.63) is 247 Å². The van der Waals surface area contributed by atoms with Gasteiger partial charge in [-0.25, -0.2) is 0 Å². The second kappa shape index (κ2) is 15.9. The maximum Gasteiger partial charge on any atom is 0.135 e. The van der Waals surface area contributed by atoms with E-state index in [1.54, 1.807) is 0 Å². The Kier molecular flexibility index (Phi) is 9.34. The van der Waals surface area contributed by atoms with Crippen molar-refractivity contribution in [3.63, 3.8) is 0 Å². The minimum Gasteiger partial charge on any atom is -0.456 e. The van der Waals surface area contributed by atoms with E-state index >= 15 is 0 Å². The number of para-hydroxylation sites is 1. The van der Waals surface area contributed by atoms with Crippen LogP contribution in [0.3, 0.4) is 0 Å². The van der Waals surface area contributed by atoms with Gasteiger partial charge in [0.1, 0.15) is 11.2 Å². The van der Waals surface area contributed by atoms with Crippen LogP contribution >= 0.6 is 0 Å². The summed E-state index contributed by atoms with van der Waals surface area (Å²) in [5.74, 6) is 0.260. The molecule has 2 heterocycles. The molecule has 0 spiro atoms. The van der Waals surface area contributed by atoms with E-state index in [0.29, 0.717) is 0 Å². The number of nitrogens with zero attached hydrogens (tertiary/aromatic N) is 1. The Balaban J connectivity index is 0.884. The second-order valence-corrected chi connectivity index (χ2v) is 16.9. The number of furan rings is 1. The third-order valence-corrected chi connectivity index (χ3v) is 13.1. The fraction of sp³-hybridized carbons (Fsp3) is 0.0323. The summed E-state index contributed by atoms with van der Waals surface area (Å²) >= 11 is 0. The first-order chi connectivity index (χ1) is 31.7. The van der Waals surface area contributed by atoms with Crippen LogP contribution in [0.4, 0.5) is 0 Å². The zero-order chi connectivity index (χ0) is 42.4. The molecular weight excluding hydrogens is 775 g/mol. The number of benzene rings is 9. The summed E-state index contributed by atoms with van der Waals surface area (Å²) in [6.07, 6.45) is 8.20. The van der Waals surface area contributed by atoms with Crippen molar-refractivity contribution in [2.24, 2.45) is 0 Å². The minimum absolute atomic E-state index is 0.260. The molecular formula is C62H43NO. The van der Waals surface area contributed by atoms with Crippen LogP contribution in [0.2, 0.25) is 0 Å². The van der Waals surface area contributed by atoms with E-state index in [-0.39, 0.29) is 5.92 Å². The highest BCUT2D eigenvalue weighted by atomic mass is 16.3. The van der Waals surface area contributed by atoms with E-state index in [0.717, 1.165) is 34.0 Å². The summed E-state index contributed by atoms with van der Waals surface area (Å²) in [6, 6.07) is 81.0. The lowest BCUT2D eigenvalue weighted by molar-refractivity contribution is 0.669. The number of fused-ring (bicyclic) bond motifs is 4. The molecule has 0 aliphatic heterocycles. The molecule has 0 saturated heterocycles. The molecule has 1 atom stereocenters. The summed E-state index contributed by atoms with van der Waals surface area (Å²) in [4.78, 5) is 0. The summed E-state index contributed by atoms with van der Waals surface area (Å²) in [5, 5.41) is 4.80. The van der Waals surface area contributed by atoms with Crippen molar-refractivity contribution in [2.75, 3.05) is 0 Å². The van der Waals surface area contributed by atoms with Crippen LogP contribution in [-0.4, -0.2) is 4.57 Å². The van der Waals surface area contributed by atoms with Gasteiger partial charge in [-0.2, -0.15) is 0 Å². The van der Waals surface area contributed by atoms with Gasteiger partial charge in [-0.3, -0.25) is 0 Å². The highest BCUT2D eigenvalue weighted by Crippen LogP contribution is 2.34. The summed E-state index contributed by atoms with van der Waals surface area (Å²) in [5.41, 5.74) is 18.9. The van der Waals surface area contributed by atoms with E-state index in [1.165, 1.54) is 82.9 Å². The molecule has 64 heavy (non-hydrogen) atoms. The van der Waals surface area contributed by atoms with E-state index < -0.39 is 0 Å². The topological polar surface area (TPSA) is 18.1 Å². The summed E-state index contributed by atoms with van der Waals surface area (Å²) in [7, 11) is 0. The highest BCUT2D eigenvalue weighted by molar-refractivity contribution is 6.06. The molecule has 0 radical (unpaired) electrons. The Morgan fingerprint density at radius 3 is 1.39 bits per heavy atom. The Bertz CT molecular complexity index is 3560. The van der Waals surface area contributed by atoms with Crippen molar-refractivity contribution in [1.82, 2.24) is 4.57 Å². The van der Waals surface area contributed by atoms with Gasteiger partial charge in [0.15, 0.2) is 0 Å². The van der Waals surface area contributed by atoms with Crippen molar-refractivity contribution < 1.29 is 4.42 Å². The fourth-order valence-corrected chi connectivity index (χ4v) is 9.56. The summed E-state index contributed by atoms with van der Waals surface area (Å²) in [6.45, 7) is 0. The third-order valence-electron chi connectivity index (χ3n) is 13.1. The molecule has 12 rings (SSSR count). The molecule has 0 fully saturated rings. The monoisotopic (exact) mass is 817 g/mol. The standard InChI is InChI=1S/C62H43NO/c1-3-9-42(10-4-1)44-15-19-46(20-16-44)48-23-25-50(26-24-48)53-33-37-60-57(39-53)59(52-29-27-49(28-30-52)47-21-17-45(18-22-47)43-11-5-2-6-12-43)41-63(60)55-35-31-51(32-36-55)54-34-38-62-58(40-54)56-13-7-8-14-61(56)64-62/h1-32,34-41,53H,33H2. The van der Waals surface area contributed by atoms with Gasteiger partial charge in [-0.1, -0.05) is 206 Å². The highest BCUT2D eigenvalue weighted by Gasteiger charge is 2.18. The van der Waals surface area contributed by atoms with Crippen LogP contribution in [0.25, 0.3) is 107 Å². The smallest absolute Gasteiger partial charge is 0.135 e. The van der Waals surface area contributed by atoms with Crippen LogP contribution in [0.1, 0.15) is 17.9 Å². The van der Waals surface area contributed by atoms with Gasteiger partial charge in [0, 0.05) is 44.7 Å². The van der Waals surface area contributed by atoms with Gasteiger partial charge < -0.3 is 8.98 Å². The molecule has 0 amide bonds. The van der Waals surface area contributed by atoms with Crippen molar-refractivity contribution in [3.8, 4) is 72.4 Å². The molecule has 2 nitrogen and oxygen atoms in total. The Hall–Kier alpha value is -8.20. The SMILES string of the molecule is C1=c2c(-c3ccc(-c4ccc(-c5ccccc5)cc4)cc3)cn(-c3ccc(-c4ccc5oc6ccccc6c5c4)cc3)c2=CCC1c1ccc(-c2ccc(-c3ccccc3)cc2)cc1. The van der Waals surface area contributed by atoms with Crippen LogP contribution in [0.5, 0.6) is 0 Å². The molecule has 1 aliphatic rings. The molecule has 0 bridgehead atoms. The maximum absolute atomic E-state index is 6.13. The molecule has 302 valence electrons. The lowest BCUT2D eigenvalue weighted by Gasteiger charge is -2.16. The zero-order valence-corrected chi connectivity index (χ0v) is 35.2. The molecule has 0 saturated carbocycles. The lowest BCUT2D eigenvalue weighted by Crippen LogP contribution is -2.32.